The summed E-state index contributed by atoms with van der Waals surface area (Å²) in [7, 11) is 1.57. The molecule has 2 amide bonds. The Bertz CT molecular complexity index is 1180. The van der Waals surface area contributed by atoms with E-state index in [0.717, 1.165) is 15.6 Å². The second-order valence-corrected chi connectivity index (χ2v) is 9.00. The number of halogens is 1. The highest BCUT2D eigenvalue weighted by atomic mass is 35.5. The van der Waals surface area contributed by atoms with Crippen LogP contribution < -0.4 is 10.1 Å². The zero-order valence-electron chi connectivity index (χ0n) is 18.0. The number of benzene rings is 2. The molecule has 0 aliphatic carbocycles. The number of hydrogen-bond acceptors (Lipinski definition) is 6. The number of nitrogens with one attached hydrogen (secondary N) is 1. The molecule has 1 fully saturated rings. The van der Waals surface area contributed by atoms with Gasteiger partial charge in [-0.05, 0) is 23.8 Å². The average Bonchev–Trinajstić information content (AvgIpc) is 3.16. The Balaban J connectivity index is 1.47. The van der Waals surface area contributed by atoms with E-state index in [0.29, 0.717) is 28.6 Å². The molecule has 1 aliphatic heterocycles. The maximum absolute atomic E-state index is 13.4. The number of esters is 1. The smallest absolute Gasteiger partial charge is 0.308 e. The van der Waals surface area contributed by atoms with Crippen LogP contribution in [0.1, 0.15) is 21.7 Å². The number of hydrogen-bond donors (Lipinski definition) is 1. The predicted molar refractivity (Wildman–Crippen MR) is 127 cm³/mol. The summed E-state index contributed by atoms with van der Waals surface area (Å²) in [6.45, 7) is 0.788. The molecule has 4 rings (SSSR count). The molecule has 1 aliphatic rings. The van der Waals surface area contributed by atoms with Gasteiger partial charge in [0.15, 0.2) is 0 Å². The van der Waals surface area contributed by atoms with Crippen molar-refractivity contribution in [1.29, 1.82) is 0 Å². The second kappa shape index (κ2) is 10.2. The van der Waals surface area contributed by atoms with E-state index in [-0.39, 0.29) is 31.4 Å². The van der Waals surface area contributed by atoms with Gasteiger partial charge in [0.25, 0.3) is 5.91 Å². The summed E-state index contributed by atoms with van der Waals surface area (Å²) in [6, 6.07) is 14.1. The summed E-state index contributed by atoms with van der Waals surface area (Å²) in [4.78, 5) is 40.1. The van der Waals surface area contributed by atoms with E-state index in [4.69, 9.17) is 21.1 Å². The molecule has 0 radical (unpaired) electrons. The van der Waals surface area contributed by atoms with Crippen molar-refractivity contribution in [1.82, 2.24) is 10.2 Å². The quantitative estimate of drug-likeness (QED) is 0.515. The van der Waals surface area contributed by atoms with E-state index < -0.39 is 12.0 Å². The highest BCUT2D eigenvalue weighted by Gasteiger charge is 2.37. The molecule has 172 valence electrons. The highest BCUT2D eigenvalue weighted by Crippen LogP contribution is 2.38. The molecule has 1 N–H and O–H groups in total. The molecular formula is C24H23ClN2O5S. The van der Waals surface area contributed by atoms with Crippen LogP contribution in [0, 0.1) is 0 Å². The monoisotopic (exact) mass is 486 g/mol. The summed E-state index contributed by atoms with van der Waals surface area (Å²) in [5.41, 5.74) is 1.05. The van der Waals surface area contributed by atoms with Crippen LogP contribution in [0.4, 0.5) is 0 Å². The van der Waals surface area contributed by atoms with Crippen molar-refractivity contribution < 1.29 is 23.9 Å². The third kappa shape index (κ3) is 5.12. The van der Waals surface area contributed by atoms with Crippen LogP contribution in [0.2, 0.25) is 5.02 Å². The van der Waals surface area contributed by atoms with Gasteiger partial charge in [-0.25, -0.2) is 0 Å². The van der Waals surface area contributed by atoms with E-state index in [9.17, 15) is 14.4 Å². The molecule has 3 aromatic rings. The molecule has 0 bridgehead atoms. The largest absolute Gasteiger partial charge is 0.497 e. The molecule has 0 spiro atoms. The van der Waals surface area contributed by atoms with Gasteiger partial charge in [-0.15, -0.1) is 11.3 Å². The van der Waals surface area contributed by atoms with Crippen LogP contribution >= 0.6 is 22.9 Å². The Kier molecular flexibility index (Phi) is 7.15. The molecular weight excluding hydrogens is 464 g/mol. The Morgan fingerprint density at radius 3 is 2.76 bits per heavy atom. The summed E-state index contributed by atoms with van der Waals surface area (Å²) in [6.07, 6.45) is 0.357. The number of carbonyl (C=O) groups excluding carboxylic acids is 3. The van der Waals surface area contributed by atoms with Gasteiger partial charge >= 0.3 is 5.97 Å². The van der Waals surface area contributed by atoms with Crippen molar-refractivity contribution in [3.63, 3.8) is 0 Å². The van der Waals surface area contributed by atoms with Gasteiger partial charge < -0.3 is 19.7 Å². The number of methoxy groups -OCH3 is 1. The van der Waals surface area contributed by atoms with Gasteiger partial charge in [-0.2, -0.15) is 0 Å². The second-order valence-electron chi connectivity index (χ2n) is 7.57. The minimum atomic E-state index is -0.953. The summed E-state index contributed by atoms with van der Waals surface area (Å²) in [5, 5.41) is 3.80. The molecule has 1 saturated heterocycles. The number of rotatable bonds is 7. The van der Waals surface area contributed by atoms with Gasteiger partial charge in [-0.3, -0.25) is 14.4 Å². The van der Waals surface area contributed by atoms with Crippen molar-refractivity contribution in [2.24, 2.45) is 0 Å². The first-order valence-electron chi connectivity index (χ1n) is 10.5. The Hall–Kier alpha value is -3.10. The fourth-order valence-electron chi connectivity index (χ4n) is 3.75. The molecule has 1 atom stereocenters. The number of thiophene rings is 1. The topological polar surface area (TPSA) is 84.9 Å². The van der Waals surface area contributed by atoms with Crippen LogP contribution in [-0.4, -0.2) is 55.5 Å². The van der Waals surface area contributed by atoms with Crippen LogP contribution in [0.25, 0.3) is 10.1 Å². The lowest BCUT2D eigenvalue weighted by molar-refractivity contribution is -0.147. The molecule has 0 saturated carbocycles. The number of nitrogens with zero attached hydrogens (tertiary/aromatic N) is 1. The molecule has 1 unspecified atom stereocenters. The lowest BCUT2D eigenvalue weighted by Gasteiger charge is -2.34. The van der Waals surface area contributed by atoms with E-state index >= 15 is 0 Å². The summed E-state index contributed by atoms with van der Waals surface area (Å²) < 4.78 is 11.4. The molecule has 2 aromatic carbocycles. The van der Waals surface area contributed by atoms with E-state index in [1.54, 1.807) is 19.2 Å². The highest BCUT2D eigenvalue weighted by molar-refractivity contribution is 7.21. The van der Waals surface area contributed by atoms with Crippen LogP contribution in [0.5, 0.6) is 5.75 Å². The lowest BCUT2D eigenvalue weighted by atomic mass is 10.1. The molecule has 2 heterocycles. The van der Waals surface area contributed by atoms with Gasteiger partial charge in [0, 0.05) is 29.6 Å². The first-order chi connectivity index (χ1) is 16.0. The number of piperazine rings is 1. The first-order valence-corrected chi connectivity index (χ1v) is 11.7. The fourth-order valence-corrected chi connectivity index (χ4v) is 5.24. The molecule has 9 heteroatoms. The third-order valence-corrected chi connectivity index (χ3v) is 7.12. The zero-order chi connectivity index (χ0) is 23.4. The SMILES string of the molecule is COc1ccc2c(Cl)c(C(=O)N3CCNC(=O)C3CC(=O)OCCc3ccccc3)sc2c1. The Morgan fingerprint density at radius 2 is 2.00 bits per heavy atom. The van der Waals surface area contributed by atoms with E-state index in [1.807, 2.05) is 36.4 Å². The normalized spacial score (nSPS) is 15.9. The van der Waals surface area contributed by atoms with E-state index in [2.05, 4.69) is 5.32 Å². The van der Waals surface area contributed by atoms with Crippen LogP contribution in [0.3, 0.4) is 0 Å². The minimum Gasteiger partial charge on any atom is -0.497 e. The van der Waals surface area contributed by atoms with Gasteiger partial charge in [0.2, 0.25) is 5.91 Å². The Morgan fingerprint density at radius 1 is 1.21 bits per heavy atom. The fraction of sp³-hybridized carbons (Fsp3) is 0.292. The molecule has 1 aromatic heterocycles. The predicted octanol–water partition coefficient (Wildman–Crippen LogP) is 3.68. The third-order valence-electron chi connectivity index (χ3n) is 5.48. The van der Waals surface area contributed by atoms with Crippen LogP contribution in [0.15, 0.2) is 48.5 Å². The van der Waals surface area contributed by atoms with Gasteiger partial charge in [0.05, 0.1) is 25.2 Å². The maximum Gasteiger partial charge on any atom is 0.308 e. The number of amides is 2. The minimum absolute atomic E-state index is 0.203. The standard InChI is InChI=1S/C24H23ClN2O5S/c1-31-16-7-8-17-19(13-16)33-22(21(17)25)24(30)27-11-10-26-23(29)18(27)14-20(28)32-12-9-15-5-3-2-4-6-15/h2-8,13,18H,9-12,14H2,1H3,(H,26,29). The lowest BCUT2D eigenvalue weighted by Crippen LogP contribution is -2.57. The zero-order valence-corrected chi connectivity index (χ0v) is 19.6. The molecule has 33 heavy (non-hydrogen) atoms. The number of fused-ring (bicyclic) bond motifs is 1. The average molecular weight is 487 g/mol. The Labute approximate surface area is 200 Å². The summed E-state index contributed by atoms with van der Waals surface area (Å²) >= 11 is 7.75. The van der Waals surface area contributed by atoms with Crippen molar-refractivity contribution in [2.45, 2.75) is 18.9 Å². The first kappa shape index (κ1) is 23.1. The number of carbonyl (C=O) groups is 3. The van der Waals surface area contributed by atoms with Crippen molar-refractivity contribution >= 4 is 50.8 Å². The number of ether oxygens (including phenoxy) is 2. The van der Waals surface area contributed by atoms with E-state index in [1.165, 1.54) is 16.2 Å². The van der Waals surface area contributed by atoms with Gasteiger partial charge in [-0.1, -0.05) is 41.9 Å². The van der Waals surface area contributed by atoms with Crippen LogP contribution in [-0.2, 0) is 20.7 Å². The van der Waals surface area contributed by atoms with Crippen molar-refractivity contribution in [3.8, 4) is 5.75 Å². The maximum atomic E-state index is 13.4. The molecule has 7 nitrogen and oxygen atoms in total. The van der Waals surface area contributed by atoms with Crippen molar-refractivity contribution in [3.05, 3.63) is 64.0 Å². The van der Waals surface area contributed by atoms with Crippen molar-refractivity contribution in [2.75, 3.05) is 26.8 Å². The summed E-state index contributed by atoms with van der Waals surface area (Å²) in [5.74, 6) is -0.628. The van der Waals surface area contributed by atoms with Gasteiger partial charge in [0.1, 0.15) is 16.7 Å².